The van der Waals surface area contributed by atoms with Crippen molar-refractivity contribution >= 4 is 29.9 Å². The maximum atomic E-state index is 5.32. The van der Waals surface area contributed by atoms with Crippen LogP contribution < -0.4 is 10.6 Å². The quantitative estimate of drug-likeness (QED) is 0.217. The molecule has 0 saturated heterocycles. The number of hydrogen-bond acceptors (Lipinski definition) is 3. The number of rotatable bonds is 12. The third-order valence-electron chi connectivity index (χ3n) is 3.57. The fourth-order valence-electron chi connectivity index (χ4n) is 2.19. The highest BCUT2D eigenvalue weighted by Crippen LogP contribution is 1.99. The van der Waals surface area contributed by atoms with Crippen LogP contribution in [-0.4, -0.2) is 63.3 Å². The van der Waals surface area contributed by atoms with Gasteiger partial charge in [-0.15, -0.1) is 24.0 Å². The third kappa shape index (κ3) is 13.6. The Morgan fingerprint density at radius 3 is 2.41 bits per heavy atom. The summed E-state index contributed by atoms with van der Waals surface area (Å²) >= 11 is 0. The molecule has 22 heavy (non-hydrogen) atoms. The van der Waals surface area contributed by atoms with Gasteiger partial charge in [0.15, 0.2) is 5.96 Å². The first-order valence-corrected chi connectivity index (χ1v) is 8.45. The summed E-state index contributed by atoms with van der Waals surface area (Å²) in [5.41, 5.74) is 0. The van der Waals surface area contributed by atoms with Gasteiger partial charge in [-0.3, -0.25) is 4.99 Å². The largest absolute Gasteiger partial charge is 0.382 e. The van der Waals surface area contributed by atoms with Crippen LogP contribution in [-0.2, 0) is 4.74 Å². The van der Waals surface area contributed by atoms with Gasteiger partial charge >= 0.3 is 0 Å². The van der Waals surface area contributed by atoms with E-state index in [0.29, 0.717) is 6.04 Å². The standard InChI is InChI=1S/C16H36N4O.HI/c1-6-20(7-2)13-9-11-15(4)19-16(17-5)18-12-10-14-21-8-3;/h15H,6-14H2,1-5H3,(H2,17,18,19);1H. The van der Waals surface area contributed by atoms with Crippen LogP contribution in [0.3, 0.4) is 0 Å². The summed E-state index contributed by atoms with van der Waals surface area (Å²) < 4.78 is 5.32. The average molecular weight is 428 g/mol. The Morgan fingerprint density at radius 2 is 1.86 bits per heavy atom. The van der Waals surface area contributed by atoms with E-state index in [1.54, 1.807) is 0 Å². The van der Waals surface area contributed by atoms with Crippen LogP contribution in [0, 0.1) is 0 Å². The van der Waals surface area contributed by atoms with Gasteiger partial charge in [-0.25, -0.2) is 0 Å². The molecule has 1 unspecified atom stereocenters. The first-order valence-electron chi connectivity index (χ1n) is 8.45. The summed E-state index contributed by atoms with van der Waals surface area (Å²) in [6, 6.07) is 0.443. The van der Waals surface area contributed by atoms with E-state index in [1.165, 1.54) is 13.0 Å². The molecule has 0 bridgehead atoms. The molecule has 0 aliphatic heterocycles. The summed E-state index contributed by atoms with van der Waals surface area (Å²) in [7, 11) is 1.82. The third-order valence-corrected chi connectivity index (χ3v) is 3.57. The van der Waals surface area contributed by atoms with Crippen LogP contribution in [0.15, 0.2) is 4.99 Å². The van der Waals surface area contributed by atoms with Gasteiger partial charge in [-0.2, -0.15) is 0 Å². The van der Waals surface area contributed by atoms with Crippen molar-refractivity contribution in [3.05, 3.63) is 0 Å². The molecule has 0 heterocycles. The molecule has 0 aromatic rings. The van der Waals surface area contributed by atoms with E-state index in [4.69, 9.17) is 4.74 Å². The van der Waals surface area contributed by atoms with Gasteiger partial charge in [0, 0.05) is 32.8 Å². The van der Waals surface area contributed by atoms with Crippen molar-refractivity contribution in [3.63, 3.8) is 0 Å². The predicted octanol–water partition coefficient (Wildman–Crippen LogP) is 2.71. The summed E-state index contributed by atoms with van der Waals surface area (Å²) in [4.78, 5) is 6.73. The van der Waals surface area contributed by atoms with Gasteiger partial charge < -0.3 is 20.3 Å². The molecular formula is C16H37IN4O. The van der Waals surface area contributed by atoms with Gasteiger partial charge in [-0.1, -0.05) is 13.8 Å². The summed E-state index contributed by atoms with van der Waals surface area (Å²) in [6.07, 6.45) is 3.39. The lowest BCUT2D eigenvalue weighted by molar-refractivity contribution is 0.145. The molecule has 134 valence electrons. The number of nitrogens with zero attached hydrogens (tertiary/aromatic N) is 2. The van der Waals surface area contributed by atoms with E-state index >= 15 is 0 Å². The molecular weight excluding hydrogens is 391 g/mol. The fourth-order valence-corrected chi connectivity index (χ4v) is 2.19. The van der Waals surface area contributed by atoms with Crippen LogP contribution in [0.5, 0.6) is 0 Å². The monoisotopic (exact) mass is 428 g/mol. The smallest absolute Gasteiger partial charge is 0.191 e. The number of ether oxygens (including phenoxy) is 1. The van der Waals surface area contributed by atoms with Crippen LogP contribution in [0.4, 0.5) is 0 Å². The van der Waals surface area contributed by atoms with Crippen molar-refractivity contribution in [1.82, 2.24) is 15.5 Å². The second kappa shape index (κ2) is 17.3. The number of halogens is 1. The Morgan fingerprint density at radius 1 is 1.18 bits per heavy atom. The molecule has 0 aromatic heterocycles. The SMILES string of the molecule is CCOCCCNC(=NC)NC(C)CCCN(CC)CC.I. The fraction of sp³-hybridized carbons (Fsp3) is 0.938. The number of guanidine groups is 1. The molecule has 0 rings (SSSR count). The van der Waals surface area contributed by atoms with Crippen LogP contribution >= 0.6 is 24.0 Å². The van der Waals surface area contributed by atoms with Crippen LogP contribution in [0.25, 0.3) is 0 Å². The van der Waals surface area contributed by atoms with E-state index in [9.17, 15) is 0 Å². The highest BCUT2D eigenvalue weighted by Gasteiger charge is 2.06. The molecule has 0 aromatic carbocycles. The lowest BCUT2D eigenvalue weighted by Crippen LogP contribution is -2.43. The lowest BCUT2D eigenvalue weighted by Gasteiger charge is -2.21. The normalized spacial score (nSPS) is 12.9. The van der Waals surface area contributed by atoms with Crippen molar-refractivity contribution in [2.45, 2.75) is 53.0 Å². The topological polar surface area (TPSA) is 48.9 Å². The van der Waals surface area contributed by atoms with E-state index in [1.807, 2.05) is 14.0 Å². The molecule has 0 amide bonds. The van der Waals surface area contributed by atoms with Gasteiger partial charge in [0.05, 0.1) is 0 Å². The van der Waals surface area contributed by atoms with E-state index < -0.39 is 0 Å². The van der Waals surface area contributed by atoms with Gasteiger partial charge in [-0.05, 0) is 52.7 Å². The first-order chi connectivity index (χ1) is 10.2. The van der Waals surface area contributed by atoms with Crippen LogP contribution in [0.2, 0.25) is 0 Å². The highest BCUT2D eigenvalue weighted by molar-refractivity contribution is 14.0. The minimum Gasteiger partial charge on any atom is -0.382 e. The number of nitrogens with one attached hydrogen (secondary N) is 2. The maximum Gasteiger partial charge on any atom is 0.191 e. The Hall–Kier alpha value is -0.0800. The second-order valence-corrected chi connectivity index (χ2v) is 5.26. The molecule has 0 fully saturated rings. The average Bonchev–Trinajstić information content (AvgIpc) is 2.50. The molecule has 1 atom stereocenters. The zero-order valence-corrected chi connectivity index (χ0v) is 17.5. The first kappa shape index (κ1) is 24.2. The van der Waals surface area contributed by atoms with E-state index in [2.05, 4.69) is 41.3 Å². The van der Waals surface area contributed by atoms with Gasteiger partial charge in [0.25, 0.3) is 0 Å². The molecule has 2 N–H and O–H groups in total. The van der Waals surface area contributed by atoms with Crippen molar-refractivity contribution in [2.75, 3.05) is 46.4 Å². The van der Waals surface area contributed by atoms with Gasteiger partial charge in [0.2, 0.25) is 0 Å². The maximum absolute atomic E-state index is 5.32. The van der Waals surface area contributed by atoms with E-state index in [0.717, 1.165) is 51.6 Å². The molecule has 0 radical (unpaired) electrons. The van der Waals surface area contributed by atoms with Gasteiger partial charge in [0.1, 0.15) is 0 Å². The second-order valence-electron chi connectivity index (χ2n) is 5.26. The number of aliphatic imine (C=N–C) groups is 1. The van der Waals surface area contributed by atoms with Crippen molar-refractivity contribution in [3.8, 4) is 0 Å². The molecule has 5 nitrogen and oxygen atoms in total. The zero-order chi connectivity index (χ0) is 15.9. The molecule has 6 heteroatoms. The molecule has 0 saturated carbocycles. The minimum atomic E-state index is 0. The summed E-state index contributed by atoms with van der Waals surface area (Å²) in [5.74, 6) is 0.891. The Kier molecular flexibility index (Phi) is 19.0. The Balaban J connectivity index is 0. The zero-order valence-electron chi connectivity index (χ0n) is 15.2. The van der Waals surface area contributed by atoms with Crippen molar-refractivity contribution in [2.24, 2.45) is 4.99 Å². The molecule has 0 spiro atoms. The number of hydrogen-bond donors (Lipinski definition) is 2. The minimum absolute atomic E-state index is 0. The highest BCUT2D eigenvalue weighted by atomic mass is 127. The Labute approximate surface area is 154 Å². The summed E-state index contributed by atoms with van der Waals surface area (Å²) in [6.45, 7) is 14.6. The lowest BCUT2D eigenvalue weighted by atomic mass is 10.2. The molecule has 0 aliphatic carbocycles. The Bertz CT molecular complexity index is 261. The molecule has 0 aliphatic rings. The van der Waals surface area contributed by atoms with E-state index in [-0.39, 0.29) is 24.0 Å². The predicted molar refractivity (Wildman–Crippen MR) is 108 cm³/mol. The summed E-state index contributed by atoms with van der Waals surface area (Å²) in [5, 5.41) is 6.78. The van der Waals surface area contributed by atoms with Crippen molar-refractivity contribution < 1.29 is 4.74 Å². The van der Waals surface area contributed by atoms with Crippen LogP contribution in [0.1, 0.15) is 47.0 Å². The van der Waals surface area contributed by atoms with Crippen molar-refractivity contribution in [1.29, 1.82) is 0 Å².